The number of aryl methyl sites for hydroxylation is 1. The normalized spacial score (nSPS) is 11.2. The molecule has 0 bridgehead atoms. The Labute approximate surface area is 127 Å². The Kier molecular flexibility index (Phi) is 7.22. The second-order valence-electron chi connectivity index (χ2n) is 5.74. The van der Waals surface area contributed by atoms with Gasteiger partial charge in [-0.3, -0.25) is 0 Å². The van der Waals surface area contributed by atoms with Crippen molar-refractivity contribution in [2.45, 2.75) is 47.1 Å². The van der Waals surface area contributed by atoms with Crippen LogP contribution in [0.1, 0.15) is 39.9 Å². The van der Waals surface area contributed by atoms with Crippen molar-refractivity contribution in [2.75, 3.05) is 30.8 Å². The van der Waals surface area contributed by atoms with E-state index in [4.69, 9.17) is 15.2 Å². The van der Waals surface area contributed by atoms with E-state index in [0.717, 1.165) is 13.0 Å². The van der Waals surface area contributed by atoms with E-state index in [1.807, 2.05) is 20.8 Å². The van der Waals surface area contributed by atoms with Crippen LogP contribution < -0.4 is 15.8 Å². The number of nitrogen functional groups attached to an aromatic ring is 1. The first-order valence-electron chi connectivity index (χ1n) is 7.52. The first-order chi connectivity index (χ1) is 9.90. The minimum absolute atomic E-state index is 0.257. The summed E-state index contributed by atoms with van der Waals surface area (Å²) in [6.45, 7) is 12.1. The lowest BCUT2D eigenvalue weighted by molar-refractivity contribution is 0.0787. The van der Waals surface area contributed by atoms with E-state index < -0.39 is 0 Å². The maximum atomic E-state index is 6.06. The number of nitrogens with zero attached hydrogens (tertiary/aromatic N) is 2. The minimum atomic E-state index is 0.257. The highest BCUT2D eigenvalue weighted by Gasteiger charge is 2.11. The summed E-state index contributed by atoms with van der Waals surface area (Å²) in [7, 11) is 0. The van der Waals surface area contributed by atoms with Crippen LogP contribution in [0.5, 0.6) is 5.88 Å². The molecule has 0 saturated heterocycles. The van der Waals surface area contributed by atoms with E-state index in [9.17, 15) is 0 Å². The molecule has 0 unspecified atom stereocenters. The molecule has 3 N–H and O–H groups in total. The third kappa shape index (κ3) is 6.62. The topological polar surface area (TPSA) is 82.3 Å². The maximum absolute atomic E-state index is 6.06. The first-order valence-corrected chi connectivity index (χ1v) is 7.52. The van der Waals surface area contributed by atoms with Gasteiger partial charge in [-0.2, -0.15) is 4.98 Å². The van der Waals surface area contributed by atoms with Crippen LogP contribution in [0.3, 0.4) is 0 Å². The highest BCUT2D eigenvalue weighted by atomic mass is 16.5. The van der Waals surface area contributed by atoms with Crippen molar-refractivity contribution in [2.24, 2.45) is 5.92 Å². The van der Waals surface area contributed by atoms with Crippen molar-refractivity contribution in [3.8, 4) is 5.88 Å². The zero-order valence-corrected chi connectivity index (χ0v) is 13.8. The van der Waals surface area contributed by atoms with Gasteiger partial charge < -0.3 is 20.5 Å². The van der Waals surface area contributed by atoms with Crippen molar-refractivity contribution in [1.29, 1.82) is 0 Å². The Morgan fingerprint density at radius 1 is 1.19 bits per heavy atom. The van der Waals surface area contributed by atoms with Crippen LogP contribution in [0.4, 0.5) is 11.5 Å². The van der Waals surface area contributed by atoms with Gasteiger partial charge in [0.1, 0.15) is 11.5 Å². The van der Waals surface area contributed by atoms with Gasteiger partial charge in [-0.15, -0.1) is 0 Å². The summed E-state index contributed by atoms with van der Waals surface area (Å²) < 4.78 is 11.1. The average molecular weight is 296 g/mol. The molecule has 0 spiro atoms. The molecule has 0 fully saturated rings. The molecule has 0 saturated carbocycles. The quantitative estimate of drug-likeness (QED) is 0.682. The molecular formula is C15H28N4O2. The summed E-state index contributed by atoms with van der Waals surface area (Å²) in [5.74, 6) is 2.15. The predicted octanol–water partition coefficient (Wildman–Crippen LogP) is 2.63. The van der Waals surface area contributed by atoms with Gasteiger partial charge in [-0.05, 0) is 33.1 Å². The number of nitrogens with two attached hydrogens (primary N) is 1. The molecule has 0 amide bonds. The zero-order chi connectivity index (χ0) is 15.8. The third-order valence-corrected chi connectivity index (χ3v) is 2.64. The van der Waals surface area contributed by atoms with Gasteiger partial charge in [0.2, 0.25) is 5.88 Å². The largest absolute Gasteiger partial charge is 0.476 e. The van der Waals surface area contributed by atoms with Gasteiger partial charge in [0.25, 0.3) is 0 Å². The highest BCUT2D eigenvalue weighted by molar-refractivity contribution is 5.66. The van der Waals surface area contributed by atoms with Crippen LogP contribution >= 0.6 is 0 Å². The van der Waals surface area contributed by atoms with Crippen LogP contribution in [-0.2, 0) is 4.74 Å². The van der Waals surface area contributed by atoms with Gasteiger partial charge in [0.15, 0.2) is 5.82 Å². The Balaban J connectivity index is 2.57. The van der Waals surface area contributed by atoms with Crippen LogP contribution in [0, 0.1) is 12.8 Å². The predicted molar refractivity (Wildman–Crippen MR) is 85.7 cm³/mol. The molecule has 1 aromatic rings. The molecule has 6 nitrogen and oxygen atoms in total. The smallest absolute Gasteiger partial charge is 0.242 e. The Bertz CT molecular complexity index is 436. The van der Waals surface area contributed by atoms with Crippen LogP contribution in [0.2, 0.25) is 0 Å². The number of hydrogen-bond acceptors (Lipinski definition) is 6. The van der Waals surface area contributed by atoms with Gasteiger partial charge in [0, 0.05) is 13.2 Å². The third-order valence-electron chi connectivity index (χ3n) is 2.64. The van der Waals surface area contributed by atoms with E-state index in [-0.39, 0.29) is 6.10 Å². The number of anilines is 2. The number of hydrogen-bond donors (Lipinski definition) is 2. The fourth-order valence-electron chi connectivity index (χ4n) is 1.64. The summed E-state index contributed by atoms with van der Waals surface area (Å²) in [5.41, 5.74) is 6.52. The summed E-state index contributed by atoms with van der Waals surface area (Å²) in [5, 5.41) is 3.22. The van der Waals surface area contributed by atoms with Crippen molar-refractivity contribution in [1.82, 2.24) is 9.97 Å². The molecule has 21 heavy (non-hydrogen) atoms. The van der Waals surface area contributed by atoms with Crippen molar-refractivity contribution in [3.63, 3.8) is 0 Å². The van der Waals surface area contributed by atoms with E-state index in [1.54, 1.807) is 0 Å². The lowest BCUT2D eigenvalue weighted by atomic mass is 10.2. The minimum Gasteiger partial charge on any atom is -0.476 e. The van der Waals surface area contributed by atoms with Gasteiger partial charge >= 0.3 is 0 Å². The average Bonchev–Trinajstić information content (AvgIpc) is 2.39. The first kappa shape index (κ1) is 17.5. The summed E-state index contributed by atoms with van der Waals surface area (Å²) in [4.78, 5) is 8.58. The van der Waals surface area contributed by atoms with E-state index in [0.29, 0.717) is 42.3 Å². The molecule has 0 radical (unpaired) electrons. The second-order valence-corrected chi connectivity index (χ2v) is 5.74. The molecule has 0 atom stereocenters. The maximum Gasteiger partial charge on any atom is 0.242 e. The molecule has 0 aliphatic rings. The summed E-state index contributed by atoms with van der Waals surface area (Å²) >= 11 is 0. The number of ether oxygens (including phenoxy) is 2. The van der Waals surface area contributed by atoms with Crippen LogP contribution in [-0.4, -0.2) is 35.8 Å². The Morgan fingerprint density at radius 2 is 1.90 bits per heavy atom. The fourth-order valence-corrected chi connectivity index (χ4v) is 1.64. The lowest BCUT2D eigenvalue weighted by Crippen LogP contribution is -2.14. The standard InChI is InChI=1S/C15H28N4O2/c1-10(2)9-21-15-13(16)14(18-12(5)19-15)17-7-6-8-20-11(3)4/h10-11H,6-9,16H2,1-5H3,(H,17,18,19). The van der Waals surface area contributed by atoms with E-state index in [2.05, 4.69) is 29.1 Å². The molecule has 6 heteroatoms. The monoisotopic (exact) mass is 296 g/mol. The fraction of sp³-hybridized carbons (Fsp3) is 0.733. The second kappa shape index (κ2) is 8.67. The summed E-state index contributed by atoms with van der Waals surface area (Å²) in [6.07, 6.45) is 1.15. The number of rotatable bonds is 9. The van der Waals surface area contributed by atoms with Gasteiger partial charge in [0.05, 0.1) is 12.7 Å². The number of aromatic nitrogens is 2. The van der Waals surface area contributed by atoms with Crippen LogP contribution in [0.25, 0.3) is 0 Å². The molecule has 0 aromatic carbocycles. The van der Waals surface area contributed by atoms with Gasteiger partial charge in [-0.25, -0.2) is 4.98 Å². The van der Waals surface area contributed by atoms with Crippen molar-refractivity contribution >= 4 is 11.5 Å². The van der Waals surface area contributed by atoms with E-state index in [1.165, 1.54) is 0 Å². The van der Waals surface area contributed by atoms with Crippen molar-refractivity contribution < 1.29 is 9.47 Å². The Hall–Kier alpha value is -1.56. The Morgan fingerprint density at radius 3 is 2.52 bits per heavy atom. The molecule has 120 valence electrons. The molecule has 1 heterocycles. The molecule has 1 aromatic heterocycles. The van der Waals surface area contributed by atoms with E-state index >= 15 is 0 Å². The highest BCUT2D eigenvalue weighted by Crippen LogP contribution is 2.26. The lowest BCUT2D eigenvalue weighted by Gasteiger charge is -2.14. The van der Waals surface area contributed by atoms with Gasteiger partial charge in [-0.1, -0.05) is 13.8 Å². The van der Waals surface area contributed by atoms with Crippen molar-refractivity contribution in [3.05, 3.63) is 5.82 Å². The molecule has 1 rings (SSSR count). The van der Waals surface area contributed by atoms with Crippen LogP contribution in [0.15, 0.2) is 0 Å². The molecular weight excluding hydrogens is 268 g/mol. The summed E-state index contributed by atoms with van der Waals surface area (Å²) in [6, 6.07) is 0. The molecule has 0 aliphatic heterocycles. The number of nitrogens with one attached hydrogen (secondary N) is 1. The zero-order valence-electron chi connectivity index (χ0n) is 13.8. The SMILES string of the molecule is Cc1nc(NCCCOC(C)C)c(N)c(OCC(C)C)n1. The molecule has 0 aliphatic carbocycles.